The van der Waals surface area contributed by atoms with E-state index in [9.17, 15) is 9.59 Å². The van der Waals surface area contributed by atoms with Gasteiger partial charge in [-0.05, 0) is 37.6 Å². The monoisotopic (exact) mass is 397 g/mol. The van der Waals surface area contributed by atoms with E-state index in [0.29, 0.717) is 38.7 Å². The number of hydrogen-bond acceptors (Lipinski definition) is 6. The van der Waals surface area contributed by atoms with E-state index in [2.05, 4.69) is 15.3 Å². The molecule has 8 heteroatoms. The third kappa shape index (κ3) is 4.82. The molecule has 0 radical (unpaired) electrons. The van der Waals surface area contributed by atoms with Crippen LogP contribution in [0.3, 0.4) is 0 Å². The minimum atomic E-state index is -1.14. The van der Waals surface area contributed by atoms with Crippen LogP contribution in [0, 0.1) is 5.41 Å². The molecule has 0 spiro atoms. The fraction of sp³-hybridized carbons (Fsp3) is 0.429. The fourth-order valence-electron chi connectivity index (χ4n) is 3.20. The highest BCUT2D eigenvalue weighted by atomic mass is 16.5. The maximum Gasteiger partial charge on any atom is 0.237 e. The lowest BCUT2D eigenvalue weighted by Crippen LogP contribution is -2.55. The first-order chi connectivity index (χ1) is 13.9. The summed E-state index contributed by atoms with van der Waals surface area (Å²) in [7, 11) is 1.61. The van der Waals surface area contributed by atoms with Gasteiger partial charge in [0.15, 0.2) is 0 Å². The van der Waals surface area contributed by atoms with Gasteiger partial charge in [-0.1, -0.05) is 12.1 Å². The van der Waals surface area contributed by atoms with E-state index in [1.54, 1.807) is 44.3 Å². The zero-order valence-electron chi connectivity index (χ0n) is 17.1. The zero-order chi connectivity index (χ0) is 20.9. The number of nitrogens with one attached hydrogen (secondary N) is 1. The molecule has 29 heavy (non-hydrogen) atoms. The molecule has 8 nitrogen and oxygen atoms in total. The second-order valence-corrected chi connectivity index (χ2v) is 7.48. The molecule has 0 saturated carbocycles. The summed E-state index contributed by atoms with van der Waals surface area (Å²) in [4.78, 5) is 38.0. The number of carbonyl (C=O) groups excluding carboxylic acids is 2. The van der Waals surface area contributed by atoms with Gasteiger partial charge in [0.2, 0.25) is 17.8 Å². The number of nitrogens with zero attached hydrogens (tertiary/aromatic N) is 4. The van der Waals surface area contributed by atoms with Crippen LogP contribution in [0.2, 0.25) is 0 Å². The lowest BCUT2D eigenvalue weighted by Gasteiger charge is -2.38. The van der Waals surface area contributed by atoms with Crippen molar-refractivity contribution >= 4 is 17.8 Å². The van der Waals surface area contributed by atoms with Crippen LogP contribution in [0.1, 0.15) is 19.4 Å². The molecule has 1 aliphatic rings. The summed E-state index contributed by atoms with van der Waals surface area (Å²) in [5.41, 5.74) is -0.198. The molecule has 1 aromatic heterocycles. The maximum atomic E-state index is 13.0. The summed E-state index contributed by atoms with van der Waals surface area (Å²) in [5, 5.41) is 2.87. The van der Waals surface area contributed by atoms with Crippen molar-refractivity contribution in [3.63, 3.8) is 0 Å². The van der Waals surface area contributed by atoms with Crippen LogP contribution >= 0.6 is 0 Å². The van der Waals surface area contributed by atoms with Crippen molar-refractivity contribution in [1.82, 2.24) is 20.2 Å². The average Bonchev–Trinajstić information content (AvgIpc) is 2.78. The van der Waals surface area contributed by atoms with Crippen LogP contribution in [0.25, 0.3) is 0 Å². The van der Waals surface area contributed by atoms with E-state index in [4.69, 9.17) is 4.74 Å². The molecule has 1 N–H and O–H groups in total. The first-order valence-electron chi connectivity index (χ1n) is 9.64. The fourth-order valence-corrected chi connectivity index (χ4v) is 3.20. The van der Waals surface area contributed by atoms with Crippen molar-refractivity contribution in [3.8, 4) is 5.75 Å². The Labute approximate surface area is 170 Å². The van der Waals surface area contributed by atoms with Crippen LogP contribution < -0.4 is 15.0 Å². The van der Waals surface area contributed by atoms with Crippen molar-refractivity contribution in [1.29, 1.82) is 0 Å². The first kappa shape index (κ1) is 20.6. The Morgan fingerprint density at radius 3 is 2.28 bits per heavy atom. The van der Waals surface area contributed by atoms with Gasteiger partial charge in [0, 0.05) is 45.1 Å². The second-order valence-electron chi connectivity index (χ2n) is 7.48. The predicted molar refractivity (Wildman–Crippen MR) is 109 cm³/mol. The number of ether oxygens (including phenoxy) is 1. The Morgan fingerprint density at radius 1 is 1.07 bits per heavy atom. The van der Waals surface area contributed by atoms with Gasteiger partial charge in [-0.25, -0.2) is 9.97 Å². The van der Waals surface area contributed by atoms with E-state index >= 15 is 0 Å². The smallest absolute Gasteiger partial charge is 0.237 e. The number of amides is 2. The number of aromatic nitrogens is 2. The Kier molecular flexibility index (Phi) is 6.31. The summed E-state index contributed by atoms with van der Waals surface area (Å²) in [6.07, 6.45) is 3.41. The molecule has 3 rings (SSSR count). The van der Waals surface area contributed by atoms with E-state index in [1.807, 2.05) is 29.2 Å². The molecule has 0 bridgehead atoms. The van der Waals surface area contributed by atoms with Gasteiger partial charge < -0.3 is 19.9 Å². The Morgan fingerprint density at radius 2 is 1.69 bits per heavy atom. The van der Waals surface area contributed by atoms with Crippen LogP contribution in [-0.4, -0.2) is 60.0 Å². The number of carbonyl (C=O) groups is 2. The SMILES string of the molecule is COc1ccc(CNC(=O)C(C)(C)C(=O)N2CCN(c3ncccn3)CC2)cc1. The van der Waals surface area contributed by atoms with Crippen molar-refractivity contribution in [2.24, 2.45) is 5.41 Å². The van der Waals surface area contributed by atoms with E-state index in [1.165, 1.54) is 0 Å². The zero-order valence-corrected chi connectivity index (χ0v) is 17.1. The van der Waals surface area contributed by atoms with Crippen LogP contribution in [-0.2, 0) is 16.1 Å². The minimum Gasteiger partial charge on any atom is -0.497 e. The number of benzene rings is 1. The van der Waals surface area contributed by atoms with Crippen molar-refractivity contribution in [2.75, 3.05) is 38.2 Å². The highest BCUT2D eigenvalue weighted by molar-refractivity contribution is 6.04. The van der Waals surface area contributed by atoms with E-state index < -0.39 is 5.41 Å². The molecule has 2 heterocycles. The maximum absolute atomic E-state index is 13.0. The second kappa shape index (κ2) is 8.89. The number of anilines is 1. The standard InChI is InChI=1S/C21H27N5O3/c1-21(2,18(27)24-15-16-5-7-17(29-3)8-6-16)19(28)25-11-13-26(14-12-25)20-22-9-4-10-23-20/h4-10H,11-15H2,1-3H3,(H,24,27). The molecule has 0 aliphatic carbocycles. The average molecular weight is 397 g/mol. The van der Waals surface area contributed by atoms with Crippen molar-refractivity contribution in [2.45, 2.75) is 20.4 Å². The summed E-state index contributed by atoms with van der Waals surface area (Å²) in [6.45, 7) is 6.05. The largest absolute Gasteiger partial charge is 0.497 e. The van der Waals surface area contributed by atoms with Gasteiger partial charge >= 0.3 is 0 Å². The van der Waals surface area contributed by atoms with Gasteiger partial charge in [-0.3, -0.25) is 9.59 Å². The molecule has 0 unspecified atom stereocenters. The first-order valence-corrected chi connectivity index (χ1v) is 9.64. The topological polar surface area (TPSA) is 87.7 Å². The Hall–Kier alpha value is -3.16. The molecule has 1 aliphatic heterocycles. The molecule has 1 fully saturated rings. The number of methoxy groups -OCH3 is 1. The third-order valence-corrected chi connectivity index (χ3v) is 5.12. The lowest BCUT2D eigenvalue weighted by molar-refractivity contribution is -0.148. The van der Waals surface area contributed by atoms with Gasteiger partial charge in [0.05, 0.1) is 7.11 Å². The Balaban J connectivity index is 1.54. The number of piperazine rings is 1. The van der Waals surface area contributed by atoms with Gasteiger partial charge in [-0.15, -0.1) is 0 Å². The predicted octanol–water partition coefficient (Wildman–Crippen LogP) is 1.48. The lowest BCUT2D eigenvalue weighted by atomic mass is 9.90. The van der Waals surface area contributed by atoms with E-state index in [-0.39, 0.29) is 11.8 Å². The van der Waals surface area contributed by atoms with Crippen LogP contribution in [0.5, 0.6) is 5.75 Å². The molecule has 0 atom stereocenters. The van der Waals surface area contributed by atoms with Gasteiger partial charge in [0.25, 0.3) is 0 Å². The molecule has 154 valence electrons. The summed E-state index contributed by atoms with van der Waals surface area (Å²) < 4.78 is 5.13. The molecule has 1 saturated heterocycles. The molecular weight excluding hydrogens is 370 g/mol. The molecular formula is C21H27N5O3. The third-order valence-electron chi connectivity index (χ3n) is 5.12. The van der Waals surface area contributed by atoms with Gasteiger partial charge in [0.1, 0.15) is 11.2 Å². The highest BCUT2D eigenvalue weighted by Gasteiger charge is 2.40. The minimum absolute atomic E-state index is 0.168. The molecule has 2 amide bonds. The normalized spacial score (nSPS) is 14.4. The summed E-state index contributed by atoms with van der Waals surface area (Å²) in [6, 6.07) is 9.23. The van der Waals surface area contributed by atoms with Crippen LogP contribution in [0.15, 0.2) is 42.7 Å². The summed E-state index contributed by atoms with van der Waals surface area (Å²) >= 11 is 0. The van der Waals surface area contributed by atoms with Gasteiger partial charge in [-0.2, -0.15) is 0 Å². The van der Waals surface area contributed by atoms with Crippen molar-refractivity contribution in [3.05, 3.63) is 48.3 Å². The Bertz CT molecular complexity index is 831. The number of hydrogen-bond donors (Lipinski definition) is 1. The molecule has 2 aromatic rings. The van der Waals surface area contributed by atoms with Crippen molar-refractivity contribution < 1.29 is 14.3 Å². The highest BCUT2D eigenvalue weighted by Crippen LogP contribution is 2.22. The number of rotatable bonds is 6. The summed E-state index contributed by atoms with van der Waals surface area (Å²) in [5.74, 6) is 0.970. The molecule has 1 aromatic carbocycles. The van der Waals surface area contributed by atoms with Crippen LogP contribution in [0.4, 0.5) is 5.95 Å². The quantitative estimate of drug-likeness (QED) is 0.743. The van der Waals surface area contributed by atoms with E-state index in [0.717, 1.165) is 11.3 Å².